The molecule has 0 aliphatic carbocycles. The number of benzene rings is 2. The number of phenols is 1. The van der Waals surface area contributed by atoms with E-state index in [9.17, 15) is 9.90 Å². The Kier molecular flexibility index (Phi) is 3.55. The van der Waals surface area contributed by atoms with Crippen LogP contribution in [0.1, 0.15) is 11.3 Å². The summed E-state index contributed by atoms with van der Waals surface area (Å²) in [4.78, 5) is 12.0. The highest BCUT2D eigenvalue weighted by molar-refractivity contribution is 5.86. The van der Waals surface area contributed by atoms with E-state index < -0.39 is 0 Å². The van der Waals surface area contributed by atoms with E-state index in [0.29, 0.717) is 16.8 Å². The van der Waals surface area contributed by atoms with Crippen LogP contribution in [0.5, 0.6) is 5.75 Å². The molecule has 0 saturated carbocycles. The molecule has 0 unspecified atom stereocenters. The zero-order chi connectivity index (χ0) is 14.7. The lowest BCUT2D eigenvalue weighted by Crippen LogP contribution is -2.24. The number of aromatic hydroxyl groups is 1. The van der Waals surface area contributed by atoms with Gasteiger partial charge < -0.3 is 14.9 Å². The van der Waals surface area contributed by atoms with Crippen molar-refractivity contribution in [2.45, 2.75) is 13.0 Å². The lowest BCUT2D eigenvalue weighted by molar-refractivity contribution is -0.120. The van der Waals surface area contributed by atoms with Gasteiger partial charge in [-0.3, -0.25) is 4.79 Å². The number of nitrogens with zero attached hydrogens (tertiary/aromatic N) is 1. The molecular weight excluding hydrogens is 268 g/mol. The predicted octanol–water partition coefficient (Wildman–Crippen LogP) is 2.39. The number of fused-ring (bicyclic) bond motifs is 1. The van der Waals surface area contributed by atoms with E-state index in [1.54, 1.807) is 18.2 Å². The lowest BCUT2D eigenvalue weighted by atomic mass is 10.1. The molecule has 2 N–H and O–H groups in total. The number of rotatable bonds is 4. The van der Waals surface area contributed by atoms with Gasteiger partial charge in [0.15, 0.2) is 5.58 Å². The second-order valence-corrected chi connectivity index (χ2v) is 4.71. The number of nitrogens with one attached hydrogen (secondary N) is 1. The van der Waals surface area contributed by atoms with Crippen molar-refractivity contribution in [3.05, 3.63) is 59.8 Å². The van der Waals surface area contributed by atoms with Gasteiger partial charge in [-0.25, -0.2) is 0 Å². The highest BCUT2D eigenvalue weighted by Crippen LogP contribution is 2.18. The summed E-state index contributed by atoms with van der Waals surface area (Å²) in [6, 6.07) is 14.3. The molecule has 0 atom stereocenters. The van der Waals surface area contributed by atoms with Crippen LogP contribution in [0, 0.1) is 0 Å². The van der Waals surface area contributed by atoms with E-state index in [-0.39, 0.29) is 24.6 Å². The highest BCUT2D eigenvalue weighted by atomic mass is 16.5. The van der Waals surface area contributed by atoms with Crippen LogP contribution < -0.4 is 5.32 Å². The standard InChI is InChI=1S/C16H14N2O3/c19-14-7-3-1-5-11(14)10-17-16(20)9-13-12-6-2-4-8-15(12)21-18-13/h1-8,19H,9-10H2,(H,17,20). The molecule has 5 nitrogen and oxygen atoms in total. The summed E-state index contributed by atoms with van der Waals surface area (Å²) in [6.45, 7) is 0.279. The molecule has 3 aromatic rings. The molecule has 5 heteroatoms. The van der Waals surface area contributed by atoms with Crippen LogP contribution in [0.4, 0.5) is 0 Å². The van der Waals surface area contributed by atoms with Crippen molar-refractivity contribution in [2.24, 2.45) is 0 Å². The summed E-state index contributed by atoms with van der Waals surface area (Å²) in [5.74, 6) is 0.00184. The van der Waals surface area contributed by atoms with Crippen molar-refractivity contribution in [3.63, 3.8) is 0 Å². The number of para-hydroxylation sites is 2. The van der Waals surface area contributed by atoms with Crippen LogP contribution in [0.25, 0.3) is 11.0 Å². The van der Waals surface area contributed by atoms with E-state index in [2.05, 4.69) is 10.5 Å². The van der Waals surface area contributed by atoms with Crippen molar-refractivity contribution < 1.29 is 14.4 Å². The summed E-state index contributed by atoms with van der Waals surface area (Å²) in [6.07, 6.45) is 0.143. The minimum Gasteiger partial charge on any atom is -0.508 e. The van der Waals surface area contributed by atoms with Gasteiger partial charge in [-0.2, -0.15) is 0 Å². The maximum absolute atomic E-state index is 12.0. The summed E-state index contributed by atoms with van der Waals surface area (Å²) in [5, 5.41) is 17.2. The number of hydrogen-bond donors (Lipinski definition) is 2. The fourth-order valence-corrected chi connectivity index (χ4v) is 2.13. The first-order chi connectivity index (χ1) is 10.2. The third-order valence-electron chi connectivity index (χ3n) is 3.25. The van der Waals surface area contributed by atoms with E-state index in [4.69, 9.17) is 4.52 Å². The first-order valence-electron chi connectivity index (χ1n) is 6.61. The number of phenolic OH excluding ortho intramolecular Hbond substituents is 1. The Morgan fingerprint density at radius 2 is 1.90 bits per heavy atom. The second kappa shape index (κ2) is 5.66. The van der Waals surface area contributed by atoms with Crippen LogP contribution in [0.2, 0.25) is 0 Å². The average Bonchev–Trinajstić information content (AvgIpc) is 2.90. The molecule has 106 valence electrons. The Morgan fingerprint density at radius 1 is 1.14 bits per heavy atom. The van der Waals surface area contributed by atoms with Crippen molar-refractivity contribution in [1.82, 2.24) is 10.5 Å². The van der Waals surface area contributed by atoms with Crippen molar-refractivity contribution in [3.8, 4) is 5.75 Å². The first kappa shape index (κ1) is 13.2. The Morgan fingerprint density at radius 3 is 2.76 bits per heavy atom. The van der Waals surface area contributed by atoms with Gasteiger partial charge in [-0.05, 0) is 18.2 Å². The fourth-order valence-electron chi connectivity index (χ4n) is 2.13. The van der Waals surface area contributed by atoms with Crippen molar-refractivity contribution in [2.75, 3.05) is 0 Å². The van der Waals surface area contributed by atoms with Gasteiger partial charge >= 0.3 is 0 Å². The SMILES string of the molecule is O=C(Cc1noc2ccccc12)NCc1ccccc1O. The van der Waals surface area contributed by atoms with Crippen LogP contribution in [-0.4, -0.2) is 16.2 Å². The molecule has 1 heterocycles. The molecule has 0 radical (unpaired) electrons. The van der Waals surface area contributed by atoms with Crippen molar-refractivity contribution >= 4 is 16.9 Å². The quantitative estimate of drug-likeness (QED) is 0.770. The van der Waals surface area contributed by atoms with Gasteiger partial charge in [0.25, 0.3) is 0 Å². The number of hydrogen-bond acceptors (Lipinski definition) is 4. The van der Waals surface area contributed by atoms with Crippen LogP contribution in [0.3, 0.4) is 0 Å². The maximum atomic E-state index is 12.0. The van der Waals surface area contributed by atoms with Gasteiger partial charge in [-0.1, -0.05) is 35.5 Å². The molecule has 0 spiro atoms. The molecule has 1 amide bonds. The molecule has 1 aromatic heterocycles. The van der Waals surface area contributed by atoms with Gasteiger partial charge in [-0.15, -0.1) is 0 Å². The van der Waals surface area contributed by atoms with Crippen molar-refractivity contribution in [1.29, 1.82) is 0 Å². The van der Waals surface area contributed by atoms with E-state index >= 15 is 0 Å². The minimum atomic E-state index is -0.169. The maximum Gasteiger partial charge on any atom is 0.226 e. The molecule has 0 saturated heterocycles. The molecule has 0 bridgehead atoms. The third kappa shape index (κ3) is 2.86. The molecule has 2 aromatic carbocycles. The Hall–Kier alpha value is -2.82. The van der Waals surface area contributed by atoms with Crippen LogP contribution in [0.15, 0.2) is 53.1 Å². The number of carbonyl (C=O) groups is 1. The van der Waals surface area contributed by atoms with Crippen LogP contribution in [-0.2, 0) is 17.8 Å². The van der Waals surface area contributed by atoms with E-state index in [0.717, 1.165) is 5.39 Å². The zero-order valence-corrected chi connectivity index (χ0v) is 11.2. The summed E-state index contributed by atoms with van der Waals surface area (Å²) in [5.41, 5.74) is 1.96. The van der Waals surface area contributed by atoms with Gasteiger partial charge in [0.1, 0.15) is 11.4 Å². The smallest absolute Gasteiger partial charge is 0.226 e. The summed E-state index contributed by atoms with van der Waals surface area (Å²) >= 11 is 0. The largest absolute Gasteiger partial charge is 0.508 e. The molecule has 21 heavy (non-hydrogen) atoms. The lowest BCUT2D eigenvalue weighted by Gasteiger charge is -2.06. The normalized spacial score (nSPS) is 10.7. The number of carbonyl (C=O) groups excluding carboxylic acids is 1. The fraction of sp³-hybridized carbons (Fsp3) is 0.125. The summed E-state index contributed by atoms with van der Waals surface area (Å²) in [7, 11) is 0. The van der Waals surface area contributed by atoms with Gasteiger partial charge in [0.2, 0.25) is 5.91 Å². The Labute approximate surface area is 121 Å². The number of aromatic nitrogens is 1. The predicted molar refractivity (Wildman–Crippen MR) is 77.7 cm³/mol. The molecule has 3 rings (SSSR count). The minimum absolute atomic E-state index is 0.143. The third-order valence-corrected chi connectivity index (χ3v) is 3.25. The second-order valence-electron chi connectivity index (χ2n) is 4.71. The van der Waals surface area contributed by atoms with E-state index in [1.807, 2.05) is 30.3 Å². The topological polar surface area (TPSA) is 75.4 Å². The van der Waals surface area contributed by atoms with Gasteiger partial charge in [0, 0.05) is 17.5 Å². The monoisotopic (exact) mass is 282 g/mol. The van der Waals surface area contributed by atoms with Crippen LogP contribution >= 0.6 is 0 Å². The first-order valence-corrected chi connectivity index (χ1v) is 6.61. The summed E-state index contributed by atoms with van der Waals surface area (Å²) < 4.78 is 5.16. The van der Waals surface area contributed by atoms with E-state index in [1.165, 1.54) is 0 Å². The highest BCUT2D eigenvalue weighted by Gasteiger charge is 2.12. The van der Waals surface area contributed by atoms with Gasteiger partial charge in [0.05, 0.1) is 6.42 Å². The zero-order valence-electron chi connectivity index (χ0n) is 11.2. The molecule has 0 aliphatic rings. The molecular formula is C16H14N2O3. The Bertz CT molecular complexity index is 780. The molecule has 0 aliphatic heterocycles. The Balaban J connectivity index is 1.66. The average molecular weight is 282 g/mol. The number of amides is 1. The molecule has 0 fully saturated rings.